The zero-order chi connectivity index (χ0) is 17.3. The molecule has 1 atom stereocenters. The molecule has 0 saturated carbocycles. The maximum absolute atomic E-state index is 12.6. The largest absolute Gasteiger partial charge is 0.486 e. The molecular formula is C18H23N3O3. The van der Waals surface area contributed by atoms with Crippen molar-refractivity contribution >= 4 is 5.91 Å². The molecule has 6 heteroatoms. The van der Waals surface area contributed by atoms with Crippen LogP contribution in [0.3, 0.4) is 0 Å². The number of ether oxygens (including phenoxy) is 2. The van der Waals surface area contributed by atoms with Crippen molar-refractivity contribution in [3.05, 3.63) is 41.5 Å². The fourth-order valence-corrected chi connectivity index (χ4v) is 2.72. The standard InChI is InChI=1S/C18H23N3O3/c1-12-13(2)21(11-19-12)10-18(22)20(4)14(3)15-5-6-16-17(9-15)24-8-7-23-16/h5-6,9,11,14H,7-8,10H2,1-4H3/t14-/m1/s1. The van der Waals surface area contributed by atoms with Crippen molar-refractivity contribution in [2.45, 2.75) is 33.4 Å². The molecule has 3 rings (SSSR count). The Hall–Kier alpha value is -2.50. The number of aromatic nitrogens is 2. The molecule has 0 unspecified atom stereocenters. The van der Waals surface area contributed by atoms with Crippen LogP contribution < -0.4 is 9.47 Å². The van der Waals surface area contributed by atoms with Crippen molar-refractivity contribution in [1.82, 2.24) is 14.5 Å². The average Bonchev–Trinajstić information content (AvgIpc) is 2.92. The molecule has 0 bridgehead atoms. The lowest BCUT2D eigenvalue weighted by atomic mass is 10.1. The quantitative estimate of drug-likeness (QED) is 0.865. The minimum atomic E-state index is -0.0572. The monoisotopic (exact) mass is 329 g/mol. The summed E-state index contributed by atoms with van der Waals surface area (Å²) in [6, 6.07) is 5.78. The van der Waals surface area contributed by atoms with E-state index in [-0.39, 0.29) is 18.5 Å². The molecule has 0 radical (unpaired) electrons. The number of benzene rings is 1. The van der Waals surface area contributed by atoms with Gasteiger partial charge in [0.05, 0.1) is 18.1 Å². The van der Waals surface area contributed by atoms with Crippen LogP contribution in [0.25, 0.3) is 0 Å². The van der Waals surface area contributed by atoms with Gasteiger partial charge in [0, 0.05) is 12.7 Å². The Balaban J connectivity index is 1.73. The van der Waals surface area contributed by atoms with Gasteiger partial charge >= 0.3 is 0 Å². The van der Waals surface area contributed by atoms with Gasteiger partial charge in [0.15, 0.2) is 11.5 Å². The van der Waals surface area contributed by atoms with E-state index >= 15 is 0 Å². The Morgan fingerprint density at radius 2 is 2.00 bits per heavy atom. The number of hydrogen-bond donors (Lipinski definition) is 0. The van der Waals surface area contributed by atoms with Crippen molar-refractivity contribution in [3.8, 4) is 11.5 Å². The maximum Gasteiger partial charge on any atom is 0.242 e. The van der Waals surface area contributed by atoms with Crippen molar-refractivity contribution in [3.63, 3.8) is 0 Å². The number of amides is 1. The highest BCUT2D eigenvalue weighted by atomic mass is 16.6. The molecule has 0 spiro atoms. The SMILES string of the molecule is Cc1ncn(CC(=O)N(C)[C@H](C)c2ccc3c(c2)OCCO3)c1C. The summed E-state index contributed by atoms with van der Waals surface area (Å²) in [7, 11) is 1.82. The third-order valence-electron chi connectivity index (χ3n) is 4.67. The summed E-state index contributed by atoms with van der Waals surface area (Å²) >= 11 is 0. The van der Waals surface area contributed by atoms with Crippen molar-refractivity contribution < 1.29 is 14.3 Å². The second-order valence-electron chi connectivity index (χ2n) is 6.13. The molecule has 0 aliphatic carbocycles. The first-order chi connectivity index (χ1) is 11.5. The average molecular weight is 329 g/mol. The zero-order valence-electron chi connectivity index (χ0n) is 14.6. The van der Waals surface area contributed by atoms with E-state index in [2.05, 4.69) is 4.98 Å². The van der Waals surface area contributed by atoms with Crippen LogP contribution in [-0.4, -0.2) is 40.6 Å². The van der Waals surface area contributed by atoms with Gasteiger partial charge in [-0.05, 0) is 38.5 Å². The number of rotatable bonds is 4. The van der Waals surface area contributed by atoms with Crippen LogP contribution in [0.5, 0.6) is 11.5 Å². The molecular weight excluding hydrogens is 306 g/mol. The highest BCUT2D eigenvalue weighted by Gasteiger charge is 2.21. The molecule has 128 valence electrons. The summed E-state index contributed by atoms with van der Waals surface area (Å²) in [4.78, 5) is 18.6. The summed E-state index contributed by atoms with van der Waals surface area (Å²) in [6.45, 7) is 7.34. The van der Waals surface area contributed by atoms with E-state index in [4.69, 9.17) is 9.47 Å². The Morgan fingerprint density at radius 1 is 1.29 bits per heavy atom. The number of imidazole rings is 1. The van der Waals surface area contributed by atoms with Crippen molar-refractivity contribution in [1.29, 1.82) is 0 Å². The van der Waals surface area contributed by atoms with Gasteiger partial charge in [0.25, 0.3) is 0 Å². The molecule has 1 amide bonds. The fourth-order valence-electron chi connectivity index (χ4n) is 2.72. The number of hydrogen-bond acceptors (Lipinski definition) is 4. The van der Waals surface area contributed by atoms with Crippen LogP contribution >= 0.6 is 0 Å². The number of nitrogens with zero attached hydrogens (tertiary/aromatic N) is 3. The van der Waals surface area contributed by atoms with Crippen LogP contribution in [0, 0.1) is 13.8 Å². The van der Waals surface area contributed by atoms with Gasteiger partial charge in [-0.3, -0.25) is 4.79 Å². The van der Waals surface area contributed by atoms with E-state index in [0.717, 1.165) is 28.5 Å². The number of carbonyl (C=O) groups excluding carboxylic acids is 1. The second kappa shape index (κ2) is 6.55. The number of aryl methyl sites for hydroxylation is 1. The van der Waals surface area contributed by atoms with Crippen LogP contribution in [0.2, 0.25) is 0 Å². The Labute approximate surface area is 142 Å². The van der Waals surface area contributed by atoms with Gasteiger partial charge in [-0.1, -0.05) is 6.07 Å². The van der Waals surface area contributed by atoms with Gasteiger partial charge in [-0.25, -0.2) is 4.98 Å². The Morgan fingerprint density at radius 3 is 2.67 bits per heavy atom. The lowest BCUT2D eigenvalue weighted by molar-refractivity contribution is -0.132. The van der Waals surface area contributed by atoms with E-state index in [1.807, 2.05) is 50.6 Å². The smallest absolute Gasteiger partial charge is 0.242 e. The third kappa shape index (κ3) is 3.09. The molecule has 1 aliphatic rings. The maximum atomic E-state index is 12.6. The van der Waals surface area contributed by atoms with Crippen LogP contribution in [0.1, 0.15) is 29.9 Å². The molecule has 6 nitrogen and oxygen atoms in total. The molecule has 1 aromatic carbocycles. The van der Waals surface area contributed by atoms with Crippen LogP contribution in [0.15, 0.2) is 24.5 Å². The second-order valence-corrected chi connectivity index (χ2v) is 6.13. The fraction of sp³-hybridized carbons (Fsp3) is 0.444. The summed E-state index contributed by atoms with van der Waals surface area (Å²) in [6.07, 6.45) is 1.71. The lowest BCUT2D eigenvalue weighted by Gasteiger charge is -2.27. The molecule has 24 heavy (non-hydrogen) atoms. The molecule has 0 N–H and O–H groups in total. The Bertz CT molecular complexity index is 754. The number of carbonyl (C=O) groups is 1. The van der Waals surface area contributed by atoms with Crippen LogP contribution in [0.4, 0.5) is 0 Å². The predicted octanol–water partition coefficient (Wildman–Crippen LogP) is 2.49. The van der Waals surface area contributed by atoms with Crippen molar-refractivity contribution in [2.24, 2.45) is 0 Å². The third-order valence-corrected chi connectivity index (χ3v) is 4.67. The van der Waals surface area contributed by atoms with Crippen molar-refractivity contribution in [2.75, 3.05) is 20.3 Å². The first-order valence-corrected chi connectivity index (χ1v) is 8.11. The first-order valence-electron chi connectivity index (χ1n) is 8.11. The first kappa shape index (κ1) is 16.4. The normalized spacial score (nSPS) is 14.3. The minimum absolute atomic E-state index is 0.0397. The lowest BCUT2D eigenvalue weighted by Crippen LogP contribution is -2.32. The van der Waals surface area contributed by atoms with E-state index < -0.39 is 0 Å². The molecule has 0 saturated heterocycles. The molecule has 2 aromatic rings. The number of likely N-dealkylation sites (N-methyl/N-ethyl adjacent to an activating group) is 1. The van der Waals surface area contributed by atoms with E-state index in [1.165, 1.54) is 0 Å². The number of fused-ring (bicyclic) bond motifs is 1. The zero-order valence-corrected chi connectivity index (χ0v) is 14.6. The summed E-state index contributed by atoms with van der Waals surface area (Å²) in [5.41, 5.74) is 2.99. The molecule has 0 fully saturated rings. The minimum Gasteiger partial charge on any atom is -0.486 e. The Kier molecular flexibility index (Phi) is 4.46. The molecule has 2 heterocycles. The van der Waals surface area contributed by atoms with Gasteiger partial charge in [0.2, 0.25) is 5.91 Å². The van der Waals surface area contributed by atoms with Gasteiger partial charge in [-0.2, -0.15) is 0 Å². The van der Waals surface area contributed by atoms with E-state index in [9.17, 15) is 4.79 Å². The highest BCUT2D eigenvalue weighted by Crippen LogP contribution is 2.33. The summed E-state index contributed by atoms with van der Waals surface area (Å²) < 4.78 is 13.1. The highest BCUT2D eigenvalue weighted by molar-refractivity contribution is 5.76. The van der Waals surface area contributed by atoms with E-state index in [1.54, 1.807) is 11.2 Å². The van der Waals surface area contributed by atoms with Gasteiger partial charge in [0.1, 0.15) is 19.8 Å². The topological polar surface area (TPSA) is 56.6 Å². The summed E-state index contributed by atoms with van der Waals surface area (Å²) in [5, 5.41) is 0. The van der Waals surface area contributed by atoms with E-state index in [0.29, 0.717) is 13.2 Å². The molecule has 1 aromatic heterocycles. The predicted molar refractivity (Wildman–Crippen MR) is 90.3 cm³/mol. The van der Waals surface area contributed by atoms with Gasteiger partial charge in [-0.15, -0.1) is 0 Å². The van der Waals surface area contributed by atoms with Crippen LogP contribution in [-0.2, 0) is 11.3 Å². The van der Waals surface area contributed by atoms with Gasteiger partial charge < -0.3 is 18.9 Å². The molecule has 1 aliphatic heterocycles. The summed E-state index contributed by atoms with van der Waals surface area (Å²) in [5.74, 6) is 1.54.